The number of thiophene rings is 1. The Morgan fingerprint density at radius 1 is 1.12 bits per heavy atom. The van der Waals surface area contributed by atoms with Crippen molar-refractivity contribution in [1.29, 1.82) is 0 Å². The smallest absolute Gasteiger partial charge is 0.363 e. The molecule has 4 saturated heterocycles. The number of halogens is 1. The van der Waals surface area contributed by atoms with Crippen LogP contribution in [0.15, 0.2) is 42.7 Å². The van der Waals surface area contributed by atoms with Gasteiger partial charge in [-0.3, -0.25) is 23.9 Å². The highest BCUT2D eigenvalue weighted by atomic mass is 32.1. The second-order valence-corrected chi connectivity index (χ2v) is 17.3. The van der Waals surface area contributed by atoms with Gasteiger partial charge < -0.3 is 34.5 Å². The molecule has 4 aliphatic heterocycles. The minimum Gasteiger partial charge on any atom is -0.383 e. The predicted molar refractivity (Wildman–Crippen MR) is 185 cm³/mol. The normalized spacial score (nSPS) is 28.6. The van der Waals surface area contributed by atoms with Crippen LogP contribution in [0.3, 0.4) is 0 Å². The van der Waals surface area contributed by atoms with E-state index in [2.05, 4.69) is 15.2 Å². The Hall–Kier alpha value is -3.42. The standard InChI is InChI=1S/C35H41FN5O7PS/c1-48-18-25-7-9-40(25)28-6-8-37-15-26(28)23-16-39(17-23)35(44)29-4-3-24-12-20-11-21(20)13-27(34(43)41(24)29)38-33(42)31-14-22-10-19(2-5-30(22)50-31)32(36)49(45,46)47/h2,5-6,8,10,14-15,20-21,23-25,27,29,32H,3-4,7,9,11-13,16-18H2,1H3,(H,38,42)(H2,45,46,47)/t20-,21+,24-,25+,27+,29+,32+/m1/s1. The van der Waals surface area contributed by atoms with Crippen LogP contribution in [0.5, 0.6) is 0 Å². The maximum Gasteiger partial charge on any atom is 0.363 e. The number of nitrogens with zero attached hydrogens (tertiary/aromatic N) is 4. The van der Waals surface area contributed by atoms with Gasteiger partial charge in [-0.15, -0.1) is 11.3 Å². The SMILES string of the molecule is COC[C@@H]1CCN1c1ccncc1C1CN(C(=O)[C@@H]2CC[C@@H]3C[C@H]4C[C@H]4C[C@H](NC(=O)c4cc5cc([C@@H](F)P(=O)(O)O)ccc5s4)C(=O)N32)C1. The fraction of sp³-hybridized carbons (Fsp3) is 0.543. The molecule has 7 atom stereocenters. The van der Waals surface area contributed by atoms with Crippen LogP contribution in [0.4, 0.5) is 10.1 Å². The summed E-state index contributed by atoms with van der Waals surface area (Å²) in [5.41, 5.74) is 2.12. The average Bonchev–Trinajstić information content (AvgIpc) is 3.42. The van der Waals surface area contributed by atoms with Crippen LogP contribution in [0.1, 0.15) is 71.2 Å². The third-order valence-corrected chi connectivity index (χ3v) is 13.4. The van der Waals surface area contributed by atoms with E-state index in [1.165, 1.54) is 18.2 Å². The van der Waals surface area contributed by atoms with Crippen molar-refractivity contribution < 1.29 is 37.9 Å². The van der Waals surface area contributed by atoms with E-state index in [4.69, 9.17) is 4.74 Å². The quantitative estimate of drug-likeness (QED) is 0.276. The Labute approximate surface area is 293 Å². The molecule has 50 heavy (non-hydrogen) atoms. The van der Waals surface area contributed by atoms with Crippen LogP contribution < -0.4 is 10.2 Å². The largest absolute Gasteiger partial charge is 0.383 e. The molecule has 266 valence electrons. The van der Waals surface area contributed by atoms with E-state index < -0.39 is 31.5 Å². The molecule has 15 heteroatoms. The number of ether oxygens (including phenoxy) is 1. The summed E-state index contributed by atoms with van der Waals surface area (Å²) in [6.45, 7) is 2.77. The Balaban J connectivity index is 0.959. The molecule has 8 rings (SSSR count). The van der Waals surface area contributed by atoms with E-state index in [0.717, 1.165) is 54.8 Å². The van der Waals surface area contributed by atoms with Crippen LogP contribution in [0, 0.1) is 11.8 Å². The predicted octanol–water partition coefficient (Wildman–Crippen LogP) is 4.18. The lowest BCUT2D eigenvalue weighted by atomic mass is 9.88. The van der Waals surface area contributed by atoms with Crippen molar-refractivity contribution in [3.63, 3.8) is 0 Å². The van der Waals surface area contributed by atoms with E-state index in [1.807, 2.05) is 23.4 Å². The van der Waals surface area contributed by atoms with Gasteiger partial charge in [0.05, 0.1) is 17.5 Å². The van der Waals surface area contributed by atoms with Crippen molar-refractivity contribution in [3.8, 4) is 0 Å². The summed E-state index contributed by atoms with van der Waals surface area (Å²) < 4.78 is 31.9. The number of likely N-dealkylation sites (tertiary alicyclic amines) is 1. The molecule has 5 aliphatic rings. The van der Waals surface area contributed by atoms with Crippen molar-refractivity contribution >= 4 is 52.4 Å². The molecule has 0 unspecified atom stereocenters. The lowest BCUT2D eigenvalue weighted by molar-refractivity contribution is -0.149. The van der Waals surface area contributed by atoms with E-state index in [-0.39, 0.29) is 29.3 Å². The maximum atomic E-state index is 14.3. The van der Waals surface area contributed by atoms with Crippen LogP contribution in [0.25, 0.3) is 10.1 Å². The van der Waals surface area contributed by atoms with Crippen molar-refractivity contribution in [1.82, 2.24) is 20.1 Å². The van der Waals surface area contributed by atoms with Crippen molar-refractivity contribution in [2.45, 2.75) is 74.5 Å². The first-order valence-electron chi connectivity index (χ1n) is 17.3. The molecule has 3 N–H and O–H groups in total. The fourth-order valence-electron chi connectivity index (χ4n) is 8.54. The fourth-order valence-corrected chi connectivity index (χ4v) is 10.0. The number of aromatic nitrogens is 1. The van der Waals surface area contributed by atoms with Gasteiger partial charge in [0.15, 0.2) is 0 Å². The molecule has 5 fully saturated rings. The Morgan fingerprint density at radius 3 is 2.66 bits per heavy atom. The van der Waals surface area contributed by atoms with Gasteiger partial charge >= 0.3 is 7.60 Å². The highest BCUT2D eigenvalue weighted by molar-refractivity contribution is 7.51. The molecule has 1 saturated carbocycles. The number of amides is 3. The molecule has 1 aromatic carbocycles. The number of fused-ring (bicyclic) bond motifs is 3. The molecule has 0 spiro atoms. The summed E-state index contributed by atoms with van der Waals surface area (Å²) in [7, 11) is -3.27. The average molecular weight is 726 g/mol. The topological polar surface area (TPSA) is 153 Å². The van der Waals surface area contributed by atoms with Crippen LogP contribution in [-0.2, 0) is 18.9 Å². The number of hydrogen-bond donors (Lipinski definition) is 3. The highest BCUT2D eigenvalue weighted by Gasteiger charge is 2.52. The number of anilines is 1. The summed E-state index contributed by atoms with van der Waals surface area (Å²) in [5.74, 6) is -2.18. The van der Waals surface area contributed by atoms with Gasteiger partial charge in [-0.2, -0.15) is 0 Å². The third-order valence-electron chi connectivity index (χ3n) is 11.4. The highest BCUT2D eigenvalue weighted by Crippen LogP contribution is 2.53. The van der Waals surface area contributed by atoms with Gasteiger partial charge in [-0.05, 0) is 85.6 Å². The van der Waals surface area contributed by atoms with E-state index in [0.29, 0.717) is 65.4 Å². The number of methoxy groups -OCH3 is 1. The zero-order chi connectivity index (χ0) is 34.9. The second-order valence-electron chi connectivity index (χ2n) is 14.5. The first-order valence-corrected chi connectivity index (χ1v) is 19.8. The molecule has 3 amide bonds. The Bertz CT molecular complexity index is 1880. The monoisotopic (exact) mass is 725 g/mol. The molecule has 0 radical (unpaired) electrons. The zero-order valence-corrected chi connectivity index (χ0v) is 29.4. The van der Waals surface area contributed by atoms with Gasteiger partial charge in [0.1, 0.15) is 12.1 Å². The zero-order valence-electron chi connectivity index (χ0n) is 27.7. The van der Waals surface area contributed by atoms with Crippen molar-refractivity contribution in [2.75, 3.05) is 38.3 Å². The number of nitrogens with one attached hydrogen (secondary N) is 1. The third kappa shape index (κ3) is 6.12. The Morgan fingerprint density at radius 2 is 1.92 bits per heavy atom. The summed E-state index contributed by atoms with van der Waals surface area (Å²) in [6, 6.07) is 6.73. The summed E-state index contributed by atoms with van der Waals surface area (Å²) in [6.07, 6.45) is 8.54. The minimum atomic E-state index is -4.98. The van der Waals surface area contributed by atoms with Gasteiger partial charge in [0, 0.05) is 67.0 Å². The summed E-state index contributed by atoms with van der Waals surface area (Å²) >= 11 is 1.16. The maximum absolute atomic E-state index is 14.3. The van der Waals surface area contributed by atoms with Gasteiger partial charge in [0.25, 0.3) is 5.91 Å². The first-order chi connectivity index (χ1) is 24.0. The molecule has 2 aromatic heterocycles. The number of carbonyl (C=O) groups is 3. The minimum absolute atomic E-state index is 0.0384. The molecule has 3 aromatic rings. The second kappa shape index (κ2) is 13.0. The van der Waals surface area contributed by atoms with Crippen LogP contribution in [0.2, 0.25) is 0 Å². The van der Waals surface area contributed by atoms with Gasteiger partial charge in [0.2, 0.25) is 17.7 Å². The van der Waals surface area contributed by atoms with Gasteiger partial charge in [-0.1, -0.05) is 6.07 Å². The molecular formula is C35H41FN5O7PS. The van der Waals surface area contributed by atoms with Crippen LogP contribution >= 0.6 is 18.9 Å². The van der Waals surface area contributed by atoms with Gasteiger partial charge in [-0.25, -0.2) is 4.39 Å². The van der Waals surface area contributed by atoms with E-state index >= 15 is 0 Å². The molecular weight excluding hydrogens is 684 g/mol. The van der Waals surface area contributed by atoms with Crippen molar-refractivity contribution in [2.24, 2.45) is 11.8 Å². The van der Waals surface area contributed by atoms with Crippen LogP contribution in [-0.4, -0.2) is 99.8 Å². The summed E-state index contributed by atoms with van der Waals surface area (Å²) in [4.78, 5) is 71.1. The lowest BCUT2D eigenvalue weighted by Gasteiger charge is -2.47. The lowest BCUT2D eigenvalue weighted by Crippen LogP contribution is -2.60. The van der Waals surface area contributed by atoms with Crippen molar-refractivity contribution in [3.05, 3.63) is 58.7 Å². The molecule has 6 heterocycles. The summed E-state index contributed by atoms with van der Waals surface area (Å²) in [5, 5.41) is 3.45. The number of rotatable bonds is 9. The number of benzene rings is 1. The van der Waals surface area contributed by atoms with E-state index in [9.17, 15) is 33.1 Å². The number of hydrogen-bond acceptors (Lipinski definition) is 8. The number of alkyl halides is 1. The molecule has 0 bridgehead atoms. The first kappa shape index (κ1) is 33.7. The number of carbonyl (C=O) groups excluding carboxylic acids is 3. The Kier molecular flexibility index (Phi) is 8.74. The molecule has 12 nitrogen and oxygen atoms in total. The van der Waals surface area contributed by atoms with E-state index in [1.54, 1.807) is 18.1 Å². The number of pyridine rings is 1. The molecule has 1 aliphatic carbocycles.